The highest BCUT2D eigenvalue weighted by molar-refractivity contribution is 5.45. The molecule has 0 aliphatic heterocycles. The first-order valence-corrected chi connectivity index (χ1v) is 11.0. The first-order valence-electron chi connectivity index (χ1n) is 11.0. The molecule has 1 N–H and O–H groups in total. The fourth-order valence-corrected chi connectivity index (χ4v) is 5.32. The number of hydrogen-bond donors (Lipinski definition) is 1. The van der Waals surface area contributed by atoms with Crippen molar-refractivity contribution in [3.8, 4) is 11.5 Å². The van der Waals surface area contributed by atoms with Crippen molar-refractivity contribution in [1.82, 2.24) is 15.3 Å². The number of ether oxygens (including phenoxy) is 2. The van der Waals surface area contributed by atoms with Crippen molar-refractivity contribution in [3.05, 3.63) is 47.5 Å². The molecule has 4 atom stereocenters. The summed E-state index contributed by atoms with van der Waals surface area (Å²) in [5.41, 5.74) is 2.52. The second kappa shape index (κ2) is 9.12. The zero-order valence-electron chi connectivity index (χ0n) is 17.9. The molecule has 0 radical (unpaired) electrons. The highest BCUT2D eigenvalue weighted by Crippen LogP contribution is 2.55. The van der Waals surface area contributed by atoms with Gasteiger partial charge in [-0.05, 0) is 48.8 Å². The summed E-state index contributed by atoms with van der Waals surface area (Å²) in [5.74, 6) is 4.62. The molecule has 0 unspecified atom stereocenters. The molecule has 29 heavy (non-hydrogen) atoms. The molecule has 4 rings (SSSR count). The van der Waals surface area contributed by atoms with Crippen LogP contribution in [0.3, 0.4) is 0 Å². The first kappa shape index (κ1) is 20.1. The van der Waals surface area contributed by atoms with Crippen molar-refractivity contribution in [3.63, 3.8) is 0 Å². The lowest BCUT2D eigenvalue weighted by atomic mass is 9.53. The Morgan fingerprint density at radius 1 is 1.00 bits per heavy atom. The second-order valence-electron chi connectivity index (χ2n) is 8.42. The van der Waals surface area contributed by atoms with E-state index in [9.17, 15) is 0 Å². The van der Waals surface area contributed by atoms with Crippen molar-refractivity contribution in [2.24, 2.45) is 11.8 Å². The SMILES string of the molecule is CCCc1ncc(CN[C@H]2[C@@H]3CCCC[C@@H]3[C@@H]2c2ccc(OC)c(OC)c2)cn1. The number of fused-ring (bicyclic) bond motifs is 1. The molecular formula is C24H33N3O2. The predicted octanol–water partition coefficient (Wildman–Crippen LogP) is 4.51. The molecule has 2 saturated carbocycles. The highest BCUT2D eigenvalue weighted by Gasteiger charge is 2.51. The van der Waals surface area contributed by atoms with Crippen LogP contribution in [0, 0.1) is 11.8 Å². The molecule has 1 aromatic heterocycles. The third-order valence-corrected chi connectivity index (χ3v) is 6.75. The maximum absolute atomic E-state index is 5.57. The van der Waals surface area contributed by atoms with Crippen LogP contribution in [0.1, 0.15) is 61.9 Å². The zero-order chi connectivity index (χ0) is 20.2. The van der Waals surface area contributed by atoms with Crippen molar-refractivity contribution < 1.29 is 9.47 Å². The van der Waals surface area contributed by atoms with Crippen LogP contribution in [-0.2, 0) is 13.0 Å². The van der Waals surface area contributed by atoms with E-state index in [4.69, 9.17) is 9.47 Å². The maximum atomic E-state index is 5.57. The third kappa shape index (κ3) is 4.11. The molecule has 0 amide bonds. The first-order chi connectivity index (χ1) is 14.2. The predicted molar refractivity (Wildman–Crippen MR) is 114 cm³/mol. The van der Waals surface area contributed by atoms with Gasteiger partial charge in [0.25, 0.3) is 0 Å². The van der Waals surface area contributed by atoms with E-state index in [1.807, 2.05) is 18.5 Å². The van der Waals surface area contributed by atoms with Crippen LogP contribution in [0.2, 0.25) is 0 Å². The topological polar surface area (TPSA) is 56.3 Å². The number of benzene rings is 1. The van der Waals surface area contributed by atoms with E-state index in [0.717, 1.165) is 54.1 Å². The van der Waals surface area contributed by atoms with E-state index in [1.165, 1.54) is 31.2 Å². The van der Waals surface area contributed by atoms with Gasteiger partial charge in [-0.1, -0.05) is 25.8 Å². The fourth-order valence-electron chi connectivity index (χ4n) is 5.32. The maximum Gasteiger partial charge on any atom is 0.160 e. The number of rotatable bonds is 8. The monoisotopic (exact) mass is 395 g/mol. The zero-order valence-corrected chi connectivity index (χ0v) is 17.9. The molecule has 0 bridgehead atoms. The molecule has 0 saturated heterocycles. The van der Waals surface area contributed by atoms with E-state index >= 15 is 0 Å². The van der Waals surface area contributed by atoms with Gasteiger partial charge in [0.1, 0.15) is 5.82 Å². The number of nitrogens with zero attached hydrogens (tertiary/aromatic N) is 2. The Balaban J connectivity index is 1.49. The number of hydrogen-bond acceptors (Lipinski definition) is 5. The molecular weight excluding hydrogens is 362 g/mol. The minimum Gasteiger partial charge on any atom is -0.493 e. The van der Waals surface area contributed by atoms with Gasteiger partial charge in [0.15, 0.2) is 11.5 Å². The summed E-state index contributed by atoms with van der Waals surface area (Å²) in [6, 6.07) is 6.93. The summed E-state index contributed by atoms with van der Waals surface area (Å²) in [6.45, 7) is 2.98. The van der Waals surface area contributed by atoms with Crippen molar-refractivity contribution in [2.45, 2.75) is 64.0 Å². The van der Waals surface area contributed by atoms with Gasteiger partial charge in [-0.15, -0.1) is 0 Å². The normalized spacial score (nSPS) is 25.8. The number of aromatic nitrogens is 2. The van der Waals surface area contributed by atoms with Gasteiger partial charge in [0.05, 0.1) is 14.2 Å². The summed E-state index contributed by atoms with van der Waals surface area (Å²) in [4.78, 5) is 9.02. The molecule has 2 aliphatic rings. The van der Waals surface area contributed by atoms with Crippen LogP contribution in [0.15, 0.2) is 30.6 Å². The van der Waals surface area contributed by atoms with Crippen molar-refractivity contribution >= 4 is 0 Å². The van der Waals surface area contributed by atoms with Gasteiger partial charge in [0.2, 0.25) is 0 Å². The lowest BCUT2D eigenvalue weighted by Gasteiger charge is -2.55. The van der Waals surface area contributed by atoms with Crippen molar-refractivity contribution in [1.29, 1.82) is 0 Å². The minimum absolute atomic E-state index is 0.494. The molecule has 2 aliphatic carbocycles. The Morgan fingerprint density at radius 2 is 1.72 bits per heavy atom. The van der Waals surface area contributed by atoms with Gasteiger partial charge in [-0.3, -0.25) is 0 Å². The highest BCUT2D eigenvalue weighted by atomic mass is 16.5. The van der Waals surface area contributed by atoms with Crippen LogP contribution in [0.4, 0.5) is 0 Å². The van der Waals surface area contributed by atoms with Crippen LogP contribution in [0.5, 0.6) is 11.5 Å². The Hall–Kier alpha value is -2.14. The van der Waals surface area contributed by atoms with Gasteiger partial charge in [-0.25, -0.2) is 9.97 Å². The van der Waals surface area contributed by atoms with Gasteiger partial charge < -0.3 is 14.8 Å². The summed E-state index contributed by atoms with van der Waals surface area (Å²) in [7, 11) is 3.40. The summed E-state index contributed by atoms with van der Waals surface area (Å²) in [5, 5.41) is 3.85. The molecule has 1 heterocycles. The van der Waals surface area contributed by atoms with Crippen molar-refractivity contribution in [2.75, 3.05) is 14.2 Å². The number of nitrogens with one attached hydrogen (secondary N) is 1. The molecule has 5 nitrogen and oxygen atoms in total. The van der Waals surface area contributed by atoms with E-state index in [0.29, 0.717) is 12.0 Å². The second-order valence-corrected chi connectivity index (χ2v) is 8.42. The Bertz CT molecular complexity index is 808. The Morgan fingerprint density at radius 3 is 2.41 bits per heavy atom. The van der Waals surface area contributed by atoms with E-state index < -0.39 is 0 Å². The smallest absolute Gasteiger partial charge is 0.160 e. The number of methoxy groups -OCH3 is 2. The molecule has 1 aromatic carbocycles. The van der Waals surface area contributed by atoms with Gasteiger partial charge in [0, 0.05) is 42.9 Å². The lowest BCUT2D eigenvalue weighted by molar-refractivity contribution is 0.0252. The fraction of sp³-hybridized carbons (Fsp3) is 0.583. The Kier molecular flexibility index (Phi) is 6.34. The molecule has 2 fully saturated rings. The quantitative estimate of drug-likeness (QED) is 0.713. The average Bonchev–Trinajstić information content (AvgIpc) is 2.75. The Labute approximate surface area is 174 Å². The van der Waals surface area contributed by atoms with Crippen LogP contribution >= 0.6 is 0 Å². The van der Waals surface area contributed by atoms with Gasteiger partial charge >= 0.3 is 0 Å². The van der Waals surface area contributed by atoms with Crippen LogP contribution < -0.4 is 14.8 Å². The minimum atomic E-state index is 0.494. The average molecular weight is 396 g/mol. The summed E-state index contributed by atoms with van der Waals surface area (Å²) in [6.07, 6.45) is 11.4. The molecule has 2 aromatic rings. The summed E-state index contributed by atoms with van der Waals surface area (Å²) >= 11 is 0. The standard InChI is InChI=1S/C24H33N3O2/c1-4-7-22-25-13-16(14-26-22)15-27-24-19-9-6-5-8-18(19)23(24)17-10-11-20(28-2)21(12-17)29-3/h10-14,18-19,23-24,27H,4-9,15H2,1-3H3/t18-,19+,23-,24-/m0/s1. The van der Waals surface area contributed by atoms with Crippen LogP contribution in [-0.4, -0.2) is 30.2 Å². The molecule has 0 spiro atoms. The van der Waals surface area contributed by atoms with Crippen LogP contribution in [0.25, 0.3) is 0 Å². The van der Waals surface area contributed by atoms with Gasteiger partial charge in [-0.2, -0.15) is 0 Å². The lowest BCUT2D eigenvalue weighted by Crippen LogP contribution is -2.57. The number of aryl methyl sites for hydroxylation is 1. The molecule has 5 heteroatoms. The third-order valence-electron chi connectivity index (χ3n) is 6.75. The largest absolute Gasteiger partial charge is 0.493 e. The van der Waals surface area contributed by atoms with E-state index in [-0.39, 0.29) is 0 Å². The van der Waals surface area contributed by atoms with E-state index in [1.54, 1.807) is 14.2 Å². The molecule has 156 valence electrons. The summed E-state index contributed by atoms with van der Waals surface area (Å²) < 4.78 is 11.0. The van der Waals surface area contributed by atoms with E-state index in [2.05, 4.69) is 34.3 Å².